The fourth-order valence-electron chi connectivity index (χ4n) is 2.23. The third kappa shape index (κ3) is 6.14. The number of sulfonamides is 1. The van der Waals surface area contributed by atoms with Gasteiger partial charge in [0.05, 0.1) is 5.75 Å². The number of benzene rings is 2. The standard InChI is InChI=1S/C18H22N2O3S/c1-15-7-5-6-10-17(15)14-24(22,23)20-12-11-18(21)19-13-16-8-3-2-4-9-16/h2-10,20H,11-14H2,1H3,(H,19,21). The Kier molecular flexibility index (Phi) is 6.52. The summed E-state index contributed by atoms with van der Waals surface area (Å²) in [7, 11) is -3.45. The van der Waals surface area contributed by atoms with E-state index in [0.29, 0.717) is 6.54 Å². The average Bonchev–Trinajstić information content (AvgIpc) is 2.56. The Balaban J connectivity index is 1.74. The molecule has 0 bridgehead atoms. The molecule has 0 aromatic heterocycles. The van der Waals surface area contributed by atoms with Crippen molar-refractivity contribution in [1.29, 1.82) is 0 Å². The molecule has 2 aromatic carbocycles. The summed E-state index contributed by atoms with van der Waals surface area (Å²) < 4.78 is 26.6. The van der Waals surface area contributed by atoms with Gasteiger partial charge in [-0.15, -0.1) is 0 Å². The molecule has 0 radical (unpaired) electrons. The third-order valence-electron chi connectivity index (χ3n) is 3.61. The summed E-state index contributed by atoms with van der Waals surface area (Å²) >= 11 is 0. The Hall–Kier alpha value is -2.18. The van der Waals surface area contributed by atoms with Crippen molar-refractivity contribution in [3.05, 3.63) is 71.3 Å². The van der Waals surface area contributed by atoms with Crippen LogP contribution in [-0.4, -0.2) is 20.9 Å². The van der Waals surface area contributed by atoms with Crippen LogP contribution in [0.1, 0.15) is 23.1 Å². The second kappa shape index (κ2) is 8.61. The van der Waals surface area contributed by atoms with Crippen molar-refractivity contribution < 1.29 is 13.2 Å². The lowest BCUT2D eigenvalue weighted by atomic mass is 10.1. The van der Waals surface area contributed by atoms with Gasteiger partial charge in [-0.2, -0.15) is 0 Å². The van der Waals surface area contributed by atoms with Crippen molar-refractivity contribution >= 4 is 15.9 Å². The molecule has 5 nitrogen and oxygen atoms in total. The summed E-state index contributed by atoms with van der Waals surface area (Å²) in [6, 6.07) is 16.9. The van der Waals surface area contributed by atoms with Gasteiger partial charge in [-0.3, -0.25) is 4.79 Å². The maximum Gasteiger partial charge on any atom is 0.221 e. The van der Waals surface area contributed by atoms with Gasteiger partial charge < -0.3 is 5.32 Å². The molecule has 0 saturated heterocycles. The largest absolute Gasteiger partial charge is 0.352 e. The number of amides is 1. The van der Waals surface area contributed by atoms with Crippen LogP contribution in [0.4, 0.5) is 0 Å². The summed E-state index contributed by atoms with van der Waals surface area (Å²) in [6.45, 7) is 2.41. The van der Waals surface area contributed by atoms with Crippen LogP contribution < -0.4 is 10.0 Å². The highest BCUT2D eigenvalue weighted by Crippen LogP contribution is 2.10. The topological polar surface area (TPSA) is 75.3 Å². The summed E-state index contributed by atoms with van der Waals surface area (Å²) in [5.74, 6) is -0.261. The molecule has 0 fully saturated rings. The summed E-state index contributed by atoms with van der Waals surface area (Å²) in [4.78, 5) is 11.8. The van der Waals surface area contributed by atoms with Crippen molar-refractivity contribution in [3.63, 3.8) is 0 Å². The van der Waals surface area contributed by atoms with Gasteiger partial charge in [0.25, 0.3) is 0 Å². The normalized spacial score (nSPS) is 11.2. The molecule has 2 aromatic rings. The van der Waals surface area contributed by atoms with E-state index in [0.717, 1.165) is 16.7 Å². The number of carbonyl (C=O) groups is 1. The Labute approximate surface area is 143 Å². The highest BCUT2D eigenvalue weighted by molar-refractivity contribution is 7.88. The molecule has 128 valence electrons. The molecule has 6 heteroatoms. The summed E-state index contributed by atoms with van der Waals surface area (Å²) in [6.07, 6.45) is 0.111. The Bertz CT molecular complexity index is 774. The lowest BCUT2D eigenvalue weighted by Crippen LogP contribution is -2.31. The minimum atomic E-state index is -3.45. The maximum atomic E-state index is 12.1. The Morgan fingerprint density at radius 1 is 1.00 bits per heavy atom. The zero-order chi connectivity index (χ0) is 17.4. The summed E-state index contributed by atoms with van der Waals surface area (Å²) in [5, 5.41) is 2.77. The maximum absolute atomic E-state index is 12.1. The number of hydrogen-bond acceptors (Lipinski definition) is 3. The van der Waals surface area contributed by atoms with Crippen molar-refractivity contribution in [1.82, 2.24) is 10.0 Å². The molecule has 0 unspecified atom stereocenters. The SMILES string of the molecule is Cc1ccccc1CS(=O)(=O)NCCC(=O)NCc1ccccc1. The molecule has 0 aliphatic carbocycles. The van der Waals surface area contributed by atoms with Gasteiger partial charge in [-0.05, 0) is 23.6 Å². The molecular weight excluding hydrogens is 324 g/mol. The van der Waals surface area contributed by atoms with Crippen molar-refractivity contribution in [3.8, 4) is 0 Å². The van der Waals surface area contributed by atoms with Crippen LogP contribution in [-0.2, 0) is 27.1 Å². The number of hydrogen-bond donors (Lipinski definition) is 2. The molecule has 0 aliphatic rings. The second-order valence-electron chi connectivity index (χ2n) is 5.59. The third-order valence-corrected chi connectivity index (χ3v) is 4.95. The van der Waals surface area contributed by atoms with Crippen molar-refractivity contribution in [2.24, 2.45) is 0 Å². The first-order valence-electron chi connectivity index (χ1n) is 7.79. The van der Waals surface area contributed by atoms with Gasteiger partial charge in [0, 0.05) is 19.5 Å². The molecule has 1 amide bonds. The lowest BCUT2D eigenvalue weighted by molar-refractivity contribution is -0.121. The van der Waals surface area contributed by atoms with Gasteiger partial charge in [0.1, 0.15) is 0 Å². The fourth-order valence-corrected chi connectivity index (χ4v) is 3.48. The zero-order valence-electron chi connectivity index (χ0n) is 13.7. The quantitative estimate of drug-likeness (QED) is 0.769. The molecule has 0 aliphatic heterocycles. The van der Waals surface area contributed by atoms with E-state index in [2.05, 4.69) is 10.0 Å². The van der Waals surface area contributed by atoms with E-state index in [-0.39, 0.29) is 24.6 Å². The Morgan fingerprint density at radius 2 is 1.67 bits per heavy atom. The van der Waals surface area contributed by atoms with E-state index in [9.17, 15) is 13.2 Å². The van der Waals surface area contributed by atoms with Gasteiger partial charge >= 0.3 is 0 Å². The highest BCUT2D eigenvalue weighted by Gasteiger charge is 2.13. The van der Waals surface area contributed by atoms with Crippen LogP contribution in [0.15, 0.2) is 54.6 Å². The molecular formula is C18H22N2O3S. The molecule has 24 heavy (non-hydrogen) atoms. The minimum absolute atomic E-state index is 0.0781. The summed E-state index contributed by atoms with van der Waals surface area (Å²) in [5.41, 5.74) is 2.70. The monoisotopic (exact) mass is 346 g/mol. The number of aryl methyl sites for hydroxylation is 1. The average molecular weight is 346 g/mol. The number of carbonyl (C=O) groups excluding carboxylic acids is 1. The minimum Gasteiger partial charge on any atom is -0.352 e. The molecule has 0 spiro atoms. The van der Waals surface area contributed by atoms with Crippen LogP contribution in [0.2, 0.25) is 0 Å². The predicted molar refractivity (Wildman–Crippen MR) is 94.7 cm³/mol. The van der Waals surface area contributed by atoms with E-state index in [4.69, 9.17) is 0 Å². The first kappa shape index (κ1) is 18.2. The van der Waals surface area contributed by atoms with E-state index >= 15 is 0 Å². The Morgan fingerprint density at radius 3 is 2.38 bits per heavy atom. The highest BCUT2D eigenvalue weighted by atomic mass is 32.2. The van der Waals surface area contributed by atoms with Crippen LogP contribution in [0, 0.1) is 6.92 Å². The van der Waals surface area contributed by atoms with Gasteiger partial charge in [0.15, 0.2) is 0 Å². The van der Waals surface area contributed by atoms with E-state index in [1.54, 1.807) is 6.07 Å². The van der Waals surface area contributed by atoms with Crippen LogP contribution in [0.25, 0.3) is 0 Å². The molecule has 2 rings (SSSR count). The molecule has 2 N–H and O–H groups in total. The smallest absolute Gasteiger partial charge is 0.221 e. The van der Waals surface area contributed by atoms with E-state index in [1.165, 1.54) is 0 Å². The molecule has 0 heterocycles. The van der Waals surface area contributed by atoms with Crippen molar-refractivity contribution in [2.45, 2.75) is 25.6 Å². The van der Waals surface area contributed by atoms with Gasteiger partial charge in [-0.1, -0.05) is 54.6 Å². The van der Waals surface area contributed by atoms with Gasteiger partial charge in [0.2, 0.25) is 15.9 Å². The van der Waals surface area contributed by atoms with Crippen molar-refractivity contribution in [2.75, 3.05) is 6.54 Å². The second-order valence-corrected chi connectivity index (χ2v) is 7.40. The van der Waals surface area contributed by atoms with Crippen LogP contribution in [0.3, 0.4) is 0 Å². The molecule has 0 saturated carbocycles. The fraction of sp³-hybridized carbons (Fsp3) is 0.278. The van der Waals surface area contributed by atoms with E-state index in [1.807, 2.05) is 55.5 Å². The van der Waals surface area contributed by atoms with Crippen LogP contribution in [0.5, 0.6) is 0 Å². The predicted octanol–water partition coefficient (Wildman–Crippen LogP) is 2.12. The number of nitrogens with one attached hydrogen (secondary N) is 2. The number of rotatable bonds is 8. The van der Waals surface area contributed by atoms with Gasteiger partial charge in [-0.25, -0.2) is 13.1 Å². The zero-order valence-corrected chi connectivity index (χ0v) is 14.5. The molecule has 0 atom stereocenters. The van der Waals surface area contributed by atoms with E-state index < -0.39 is 10.0 Å². The first-order chi connectivity index (χ1) is 11.5. The lowest BCUT2D eigenvalue weighted by Gasteiger charge is -2.09. The van der Waals surface area contributed by atoms with Crippen LogP contribution >= 0.6 is 0 Å². The first-order valence-corrected chi connectivity index (χ1v) is 9.44.